The number of hydrogen-bond donors (Lipinski definition) is 0. The minimum absolute atomic E-state index is 0.419. The van der Waals surface area contributed by atoms with Crippen LogP contribution in [0.4, 0.5) is 4.39 Å². The topological polar surface area (TPSA) is 0 Å². The molecule has 1 rings (SSSR count). The van der Waals surface area contributed by atoms with E-state index in [9.17, 15) is 4.39 Å². The van der Waals surface area contributed by atoms with Gasteiger partial charge >= 0.3 is 0 Å². The third kappa shape index (κ3) is 1.96. The maximum absolute atomic E-state index is 12.5. The fourth-order valence-electron chi connectivity index (χ4n) is 1.36. The van der Waals surface area contributed by atoms with Crippen LogP contribution in [0.1, 0.15) is 39.5 Å². The monoisotopic (exact) mass is 130 g/mol. The van der Waals surface area contributed by atoms with Crippen molar-refractivity contribution in [2.75, 3.05) is 0 Å². The second-order valence-electron chi connectivity index (χ2n) is 3.84. The third-order valence-corrected chi connectivity index (χ3v) is 2.27. The zero-order valence-corrected chi connectivity index (χ0v) is 6.28. The third-order valence-electron chi connectivity index (χ3n) is 2.27. The average Bonchev–Trinajstić information content (AvgIpc) is 1.78. The number of hydrogen-bond acceptors (Lipinski definition) is 0. The maximum atomic E-state index is 12.5. The van der Waals surface area contributed by atoms with Crippen LogP contribution < -0.4 is 0 Å². The molecule has 0 spiro atoms. The first kappa shape index (κ1) is 7.04. The minimum atomic E-state index is -0.502. The van der Waals surface area contributed by atoms with Crippen molar-refractivity contribution in [2.24, 2.45) is 5.41 Å². The van der Waals surface area contributed by atoms with Gasteiger partial charge < -0.3 is 0 Å². The first-order chi connectivity index (χ1) is 4.10. The quantitative estimate of drug-likeness (QED) is 0.473. The van der Waals surface area contributed by atoms with E-state index in [1.807, 2.05) is 0 Å². The summed E-state index contributed by atoms with van der Waals surface area (Å²) in [5.74, 6) is 0. The van der Waals surface area contributed by atoms with Gasteiger partial charge in [0.15, 0.2) is 0 Å². The van der Waals surface area contributed by atoms with Crippen LogP contribution in [0.5, 0.6) is 0 Å². The van der Waals surface area contributed by atoms with Gasteiger partial charge in [-0.15, -0.1) is 0 Å². The summed E-state index contributed by atoms with van der Waals surface area (Å²) in [7, 11) is 0. The van der Waals surface area contributed by atoms with Gasteiger partial charge in [0.25, 0.3) is 0 Å². The second-order valence-corrected chi connectivity index (χ2v) is 3.84. The summed E-state index contributed by atoms with van der Waals surface area (Å²) in [6.07, 6.45) is 3.19. The largest absolute Gasteiger partial charge is 0.247 e. The summed E-state index contributed by atoms with van der Waals surface area (Å²) < 4.78 is 12.5. The van der Waals surface area contributed by atoms with Crippen molar-refractivity contribution in [2.45, 2.75) is 45.7 Å². The molecule has 9 heavy (non-hydrogen) atoms. The summed E-state index contributed by atoms with van der Waals surface area (Å²) in [4.78, 5) is 0. The Hall–Kier alpha value is -0.0700. The molecule has 0 aromatic rings. The molecule has 1 aliphatic carbocycles. The Morgan fingerprint density at radius 1 is 1.22 bits per heavy atom. The Kier molecular flexibility index (Phi) is 1.78. The minimum Gasteiger partial charge on any atom is -0.247 e. The van der Waals surface area contributed by atoms with Gasteiger partial charge in [-0.2, -0.15) is 0 Å². The van der Waals surface area contributed by atoms with Crippen molar-refractivity contribution in [3.05, 3.63) is 0 Å². The van der Waals surface area contributed by atoms with Gasteiger partial charge in [-0.1, -0.05) is 13.8 Å². The van der Waals surface area contributed by atoms with E-state index < -0.39 is 6.17 Å². The highest BCUT2D eigenvalue weighted by atomic mass is 19.1. The Balaban J connectivity index is 2.35. The molecule has 0 N–H and O–H groups in total. The standard InChI is InChI=1S/C8H15F/c1-8(2)5-3-7(9)4-6-8/h7H,3-6H2,1-2H3. The van der Waals surface area contributed by atoms with E-state index >= 15 is 0 Å². The number of rotatable bonds is 0. The van der Waals surface area contributed by atoms with E-state index in [1.165, 1.54) is 0 Å². The SMILES string of the molecule is CC1(C)CCC(F)CC1. The van der Waals surface area contributed by atoms with Crippen molar-refractivity contribution >= 4 is 0 Å². The average molecular weight is 130 g/mol. The predicted molar refractivity (Wildman–Crippen MR) is 37.1 cm³/mol. The van der Waals surface area contributed by atoms with Crippen molar-refractivity contribution in [3.63, 3.8) is 0 Å². The van der Waals surface area contributed by atoms with Crippen LogP contribution in [0.2, 0.25) is 0 Å². The molecule has 54 valence electrons. The van der Waals surface area contributed by atoms with Gasteiger partial charge in [0.2, 0.25) is 0 Å². The summed E-state index contributed by atoms with van der Waals surface area (Å²) in [6.45, 7) is 4.44. The van der Waals surface area contributed by atoms with Crippen molar-refractivity contribution < 1.29 is 4.39 Å². The number of halogens is 1. The second kappa shape index (κ2) is 2.28. The Bertz CT molecular complexity index is 86.7. The molecule has 0 heterocycles. The molecule has 0 saturated heterocycles. The van der Waals surface area contributed by atoms with Crippen LogP contribution in [0.25, 0.3) is 0 Å². The highest BCUT2D eigenvalue weighted by molar-refractivity contribution is 4.77. The van der Waals surface area contributed by atoms with Gasteiger partial charge in [-0.05, 0) is 31.1 Å². The van der Waals surface area contributed by atoms with Crippen molar-refractivity contribution in [1.29, 1.82) is 0 Å². The van der Waals surface area contributed by atoms with Crippen LogP contribution >= 0.6 is 0 Å². The lowest BCUT2D eigenvalue weighted by Gasteiger charge is -2.30. The normalized spacial score (nSPS) is 28.3. The lowest BCUT2D eigenvalue weighted by molar-refractivity contribution is 0.153. The molecule has 0 aromatic carbocycles. The lowest BCUT2D eigenvalue weighted by atomic mass is 9.77. The lowest BCUT2D eigenvalue weighted by Crippen LogP contribution is -2.21. The summed E-state index contributed by atoms with van der Waals surface area (Å²) >= 11 is 0. The van der Waals surface area contributed by atoms with Crippen LogP contribution in [0.3, 0.4) is 0 Å². The molecule has 0 radical (unpaired) electrons. The fraction of sp³-hybridized carbons (Fsp3) is 1.00. The maximum Gasteiger partial charge on any atom is 0.100 e. The van der Waals surface area contributed by atoms with Crippen LogP contribution in [0, 0.1) is 5.41 Å². The molecule has 1 aliphatic rings. The molecular weight excluding hydrogens is 115 g/mol. The van der Waals surface area contributed by atoms with Crippen LogP contribution in [-0.4, -0.2) is 6.17 Å². The van der Waals surface area contributed by atoms with Gasteiger partial charge in [0.05, 0.1) is 0 Å². The molecule has 0 atom stereocenters. The molecule has 0 aromatic heterocycles. The molecule has 0 aliphatic heterocycles. The Morgan fingerprint density at radius 2 is 1.67 bits per heavy atom. The van der Waals surface area contributed by atoms with E-state index in [-0.39, 0.29) is 0 Å². The van der Waals surface area contributed by atoms with Crippen LogP contribution in [-0.2, 0) is 0 Å². The summed E-state index contributed by atoms with van der Waals surface area (Å²) in [5.41, 5.74) is 0.419. The van der Waals surface area contributed by atoms with E-state index in [2.05, 4.69) is 13.8 Å². The van der Waals surface area contributed by atoms with Gasteiger partial charge in [0, 0.05) is 0 Å². The van der Waals surface area contributed by atoms with Crippen molar-refractivity contribution in [3.8, 4) is 0 Å². The number of alkyl halides is 1. The molecule has 1 heteroatoms. The van der Waals surface area contributed by atoms with Gasteiger partial charge in [-0.25, -0.2) is 4.39 Å². The van der Waals surface area contributed by atoms with Crippen LogP contribution in [0.15, 0.2) is 0 Å². The predicted octanol–water partition coefficient (Wildman–Crippen LogP) is 2.92. The molecule has 0 bridgehead atoms. The highest BCUT2D eigenvalue weighted by Crippen LogP contribution is 2.35. The molecule has 0 nitrogen and oxygen atoms in total. The van der Waals surface area contributed by atoms with E-state index in [0.717, 1.165) is 25.7 Å². The molecule has 0 amide bonds. The summed E-state index contributed by atoms with van der Waals surface area (Å²) in [6, 6.07) is 0. The first-order valence-corrected chi connectivity index (χ1v) is 3.74. The fourth-order valence-corrected chi connectivity index (χ4v) is 1.36. The Morgan fingerprint density at radius 3 is 2.00 bits per heavy atom. The smallest absolute Gasteiger partial charge is 0.100 e. The summed E-state index contributed by atoms with van der Waals surface area (Å²) in [5, 5.41) is 0. The molecular formula is C8H15F. The van der Waals surface area contributed by atoms with E-state index in [0.29, 0.717) is 5.41 Å². The van der Waals surface area contributed by atoms with E-state index in [1.54, 1.807) is 0 Å². The van der Waals surface area contributed by atoms with Gasteiger partial charge in [0.1, 0.15) is 6.17 Å². The van der Waals surface area contributed by atoms with Gasteiger partial charge in [-0.3, -0.25) is 0 Å². The zero-order valence-electron chi connectivity index (χ0n) is 6.28. The first-order valence-electron chi connectivity index (χ1n) is 3.74. The molecule has 1 saturated carbocycles. The highest BCUT2D eigenvalue weighted by Gasteiger charge is 2.25. The zero-order chi connectivity index (χ0) is 6.91. The molecule has 0 unspecified atom stereocenters. The van der Waals surface area contributed by atoms with Crippen molar-refractivity contribution in [1.82, 2.24) is 0 Å². The Labute approximate surface area is 56.5 Å². The molecule has 1 fully saturated rings. The van der Waals surface area contributed by atoms with E-state index in [4.69, 9.17) is 0 Å².